The van der Waals surface area contributed by atoms with E-state index in [4.69, 9.17) is 0 Å². The lowest BCUT2D eigenvalue weighted by Crippen LogP contribution is -1.27. The van der Waals surface area contributed by atoms with Gasteiger partial charge in [-0.15, -0.1) is 0 Å². The van der Waals surface area contributed by atoms with Crippen LogP contribution >= 0.6 is 0 Å². The first-order valence-corrected chi connectivity index (χ1v) is 3.90. The molecule has 0 bridgehead atoms. The molecule has 0 aliphatic carbocycles. The summed E-state index contributed by atoms with van der Waals surface area (Å²) in [7, 11) is 0. The molecule has 0 saturated heterocycles. The van der Waals surface area contributed by atoms with Crippen molar-refractivity contribution in [1.82, 2.24) is 0 Å². The van der Waals surface area contributed by atoms with Crippen LogP contribution in [0.15, 0.2) is 12.2 Å². The van der Waals surface area contributed by atoms with Crippen LogP contribution in [0.5, 0.6) is 0 Å². The predicted molar refractivity (Wildman–Crippen MR) is 47.8 cm³/mol. The smallest absolute Gasteiger partial charge is 0.0470 e. The predicted octanol–water partition coefficient (Wildman–Crippen LogP) is 4.02. The average Bonchev–Trinajstić information content (AvgIpc) is 1.94. The van der Waals surface area contributed by atoms with Crippen molar-refractivity contribution in [1.29, 1.82) is 0 Å². The van der Waals surface area contributed by atoms with Gasteiger partial charge < -0.3 is 0 Å². The first-order chi connectivity index (χ1) is 4.33. The molecule has 0 aromatic heterocycles. The summed E-state index contributed by atoms with van der Waals surface area (Å²) in [5.74, 6) is 0. The maximum atomic E-state index is 2.12. The summed E-state index contributed by atoms with van der Waals surface area (Å²) in [5.41, 5.74) is 0. The van der Waals surface area contributed by atoms with Gasteiger partial charge in [-0.3, -0.25) is 0 Å². The third-order valence-electron chi connectivity index (χ3n) is 0.333. The molecule has 0 fully saturated rings. The van der Waals surface area contributed by atoms with E-state index < -0.39 is 0 Å². The molecule has 0 nitrogen and oxygen atoms in total. The van der Waals surface area contributed by atoms with E-state index in [2.05, 4.69) is 13.8 Å². The van der Waals surface area contributed by atoms with Gasteiger partial charge in [-0.1, -0.05) is 46.3 Å². The summed E-state index contributed by atoms with van der Waals surface area (Å²) >= 11 is 0. The van der Waals surface area contributed by atoms with Gasteiger partial charge in [0, 0.05) is 0 Å². The zero-order valence-electron chi connectivity index (χ0n) is 7.86. The summed E-state index contributed by atoms with van der Waals surface area (Å²) in [5, 5.41) is 0. The van der Waals surface area contributed by atoms with Crippen molar-refractivity contribution >= 4 is 0 Å². The van der Waals surface area contributed by atoms with E-state index in [1.165, 1.54) is 6.42 Å². The van der Waals surface area contributed by atoms with Crippen LogP contribution in [0, 0.1) is 0 Å². The molecule has 0 spiro atoms. The molecule has 0 amide bonds. The number of hydrogen-bond acceptors (Lipinski definition) is 0. The molecule has 0 rings (SSSR count). The molecule has 0 heteroatoms. The van der Waals surface area contributed by atoms with E-state index in [1.807, 2.05) is 39.8 Å². The molecular weight excluding hydrogens is 108 g/mol. The van der Waals surface area contributed by atoms with E-state index in [0.717, 1.165) is 0 Å². The Morgan fingerprint density at radius 3 is 1.00 bits per heavy atom. The van der Waals surface area contributed by atoms with Crippen LogP contribution in [0.2, 0.25) is 0 Å². The topological polar surface area (TPSA) is 0 Å². The minimum atomic E-state index is 1.25. The highest BCUT2D eigenvalue weighted by molar-refractivity contribution is 4.68. The third kappa shape index (κ3) is 466. The molecule has 0 saturated carbocycles. The molecule has 0 atom stereocenters. The lowest BCUT2D eigenvalue weighted by molar-refractivity contribution is 1.09. The van der Waals surface area contributed by atoms with E-state index >= 15 is 0 Å². The van der Waals surface area contributed by atoms with Crippen LogP contribution in [-0.4, -0.2) is 0 Å². The molecule has 0 aromatic rings. The highest BCUT2D eigenvalue weighted by Gasteiger charge is 1.35. The van der Waals surface area contributed by atoms with Crippen LogP contribution in [0.4, 0.5) is 0 Å². The summed E-state index contributed by atoms with van der Waals surface area (Å²) in [4.78, 5) is 0. The van der Waals surface area contributed by atoms with E-state index in [1.54, 1.807) is 0 Å². The van der Waals surface area contributed by atoms with Crippen molar-refractivity contribution in [3.63, 3.8) is 0 Å². The summed E-state index contributed by atoms with van der Waals surface area (Å²) in [6.07, 6.45) is 5.25. The minimum Gasteiger partial charge on any atom is -0.0919 e. The highest BCUT2D eigenvalue weighted by atomic mass is 13.4. The quantitative estimate of drug-likeness (QED) is 0.434. The monoisotopic (exact) mass is 130 g/mol. The Kier molecular flexibility index (Phi) is 82.7. The molecule has 0 heterocycles. The molecule has 0 radical (unpaired) electrons. The SMILES string of the molecule is C/C=C\C.CC.CCC. The second-order valence-electron chi connectivity index (χ2n) is 1.37. The van der Waals surface area contributed by atoms with Gasteiger partial charge in [-0.05, 0) is 13.8 Å². The number of allylic oxidation sites excluding steroid dienone is 2. The first-order valence-electron chi connectivity index (χ1n) is 3.90. The minimum absolute atomic E-state index is 1.25. The van der Waals surface area contributed by atoms with Gasteiger partial charge in [0.1, 0.15) is 0 Å². The molecule has 0 aliphatic rings. The molecule has 9 heavy (non-hydrogen) atoms. The van der Waals surface area contributed by atoms with Crippen molar-refractivity contribution in [2.75, 3.05) is 0 Å². The zero-order chi connectivity index (χ0) is 8.12. The Hall–Kier alpha value is -0.260. The molecule has 0 unspecified atom stereocenters. The fourth-order valence-corrected chi connectivity index (χ4v) is 0. The Balaban J connectivity index is -0.0000000646. The van der Waals surface area contributed by atoms with Crippen molar-refractivity contribution < 1.29 is 0 Å². The van der Waals surface area contributed by atoms with Crippen molar-refractivity contribution in [3.8, 4) is 0 Å². The fraction of sp³-hybridized carbons (Fsp3) is 0.778. The Morgan fingerprint density at radius 1 is 0.889 bits per heavy atom. The average molecular weight is 130 g/mol. The normalized spacial score (nSPS) is 6.89. The highest BCUT2D eigenvalue weighted by Crippen LogP contribution is 1.57. The van der Waals surface area contributed by atoms with E-state index in [0.29, 0.717) is 0 Å². The fourth-order valence-electron chi connectivity index (χ4n) is 0. The maximum Gasteiger partial charge on any atom is -0.0470 e. The standard InChI is InChI=1S/C4H8.C3H8.C2H6/c1-3-4-2;1-3-2;1-2/h3-4H,1-2H3;3H2,1-2H3;1-2H3/b4-3-;;. The van der Waals surface area contributed by atoms with E-state index in [-0.39, 0.29) is 0 Å². The number of hydrogen-bond donors (Lipinski definition) is 0. The number of rotatable bonds is 0. The van der Waals surface area contributed by atoms with Gasteiger partial charge in [0.15, 0.2) is 0 Å². The maximum absolute atomic E-state index is 2.12. The molecular formula is C9H22. The molecule has 0 aliphatic heterocycles. The zero-order valence-corrected chi connectivity index (χ0v) is 7.86. The second-order valence-corrected chi connectivity index (χ2v) is 1.37. The van der Waals surface area contributed by atoms with Crippen LogP contribution in [-0.2, 0) is 0 Å². The molecule has 58 valence electrons. The van der Waals surface area contributed by atoms with Crippen molar-refractivity contribution in [3.05, 3.63) is 12.2 Å². The second kappa shape index (κ2) is 46.8. The van der Waals surface area contributed by atoms with Gasteiger partial charge in [-0.25, -0.2) is 0 Å². The first kappa shape index (κ1) is 15.9. The lowest BCUT2D eigenvalue weighted by atomic mass is 10.6. The molecule has 0 aromatic carbocycles. The van der Waals surface area contributed by atoms with Crippen LogP contribution in [0.1, 0.15) is 48.0 Å². The summed E-state index contributed by atoms with van der Waals surface area (Å²) < 4.78 is 0. The largest absolute Gasteiger partial charge is 0.0919 e. The van der Waals surface area contributed by atoms with Gasteiger partial charge in [-0.2, -0.15) is 0 Å². The van der Waals surface area contributed by atoms with Crippen LogP contribution < -0.4 is 0 Å². The summed E-state index contributed by atoms with van der Waals surface area (Å²) in [6.45, 7) is 12.2. The van der Waals surface area contributed by atoms with E-state index in [9.17, 15) is 0 Å². The summed E-state index contributed by atoms with van der Waals surface area (Å²) in [6, 6.07) is 0. The van der Waals surface area contributed by atoms with Gasteiger partial charge in [0.25, 0.3) is 0 Å². The Morgan fingerprint density at radius 2 is 1.00 bits per heavy atom. The Bertz CT molecular complexity index is 23.0. The van der Waals surface area contributed by atoms with Crippen molar-refractivity contribution in [2.45, 2.75) is 48.0 Å². The molecule has 0 N–H and O–H groups in total. The third-order valence-corrected chi connectivity index (χ3v) is 0.333. The van der Waals surface area contributed by atoms with Gasteiger partial charge >= 0.3 is 0 Å². The van der Waals surface area contributed by atoms with Gasteiger partial charge in [0.2, 0.25) is 0 Å². The lowest BCUT2D eigenvalue weighted by Gasteiger charge is -1.49. The van der Waals surface area contributed by atoms with Crippen LogP contribution in [0.3, 0.4) is 0 Å². The van der Waals surface area contributed by atoms with Crippen molar-refractivity contribution in [2.24, 2.45) is 0 Å². The Labute approximate surface area is 61.0 Å². The van der Waals surface area contributed by atoms with Gasteiger partial charge in [0.05, 0.1) is 0 Å². The van der Waals surface area contributed by atoms with Crippen LogP contribution in [0.25, 0.3) is 0 Å².